The number of aromatic amines is 1. The Morgan fingerprint density at radius 1 is 1.25 bits per heavy atom. The first-order chi connectivity index (χ1) is 11.8. The van der Waals surface area contributed by atoms with Gasteiger partial charge in [-0.25, -0.2) is 4.98 Å². The van der Waals surface area contributed by atoms with Gasteiger partial charge in [-0.05, 0) is 55.5 Å². The molecular weight excluding hydrogens is 304 g/mol. The predicted molar refractivity (Wildman–Crippen MR) is 91.3 cm³/mol. The highest BCUT2D eigenvalue weighted by atomic mass is 15.3. The molecule has 0 bridgehead atoms. The van der Waals surface area contributed by atoms with E-state index in [2.05, 4.69) is 37.0 Å². The molecule has 1 fully saturated rings. The number of pyridine rings is 1. The lowest BCUT2D eigenvalue weighted by molar-refractivity contribution is 0.332. The molecule has 4 N–H and O–H groups in total. The zero-order valence-electron chi connectivity index (χ0n) is 13.6. The van der Waals surface area contributed by atoms with E-state index < -0.39 is 0 Å². The van der Waals surface area contributed by atoms with Crippen LogP contribution in [-0.4, -0.2) is 43.3 Å². The van der Waals surface area contributed by atoms with Crippen molar-refractivity contribution in [3.63, 3.8) is 0 Å². The maximum Gasteiger partial charge on any atom is 0.203 e. The molecule has 126 valence electrons. The second-order valence-corrected chi connectivity index (χ2v) is 6.47. The maximum absolute atomic E-state index is 5.85. The van der Waals surface area contributed by atoms with Gasteiger partial charge in [-0.15, -0.1) is 5.10 Å². The van der Waals surface area contributed by atoms with Crippen molar-refractivity contribution in [1.29, 1.82) is 0 Å². The van der Waals surface area contributed by atoms with E-state index in [-0.39, 0.29) is 0 Å². The molecule has 4 rings (SSSR count). The molecule has 0 saturated carbocycles. The molecule has 0 amide bonds. The molecule has 1 aliphatic heterocycles. The van der Waals surface area contributed by atoms with Gasteiger partial charge in [0.15, 0.2) is 0 Å². The van der Waals surface area contributed by atoms with E-state index in [1.54, 1.807) is 0 Å². The largest absolute Gasteiger partial charge is 0.384 e. The Morgan fingerprint density at radius 3 is 3.00 bits per heavy atom. The summed E-state index contributed by atoms with van der Waals surface area (Å²) in [5.74, 6) is 1.28. The van der Waals surface area contributed by atoms with Crippen molar-refractivity contribution in [3.05, 3.63) is 29.6 Å². The van der Waals surface area contributed by atoms with Crippen LogP contribution in [0.3, 0.4) is 0 Å². The van der Waals surface area contributed by atoms with Crippen LogP contribution in [0, 0.1) is 5.92 Å². The van der Waals surface area contributed by atoms with Crippen LogP contribution in [0.5, 0.6) is 0 Å². The van der Waals surface area contributed by atoms with Crippen LogP contribution in [0.4, 0.5) is 5.82 Å². The molecule has 1 aliphatic rings. The summed E-state index contributed by atoms with van der Waals surface area (Å²) in [5, 5.41) is 18.7. The molecule has 4 heterocycles. The van der Waals surface area contributed by atoms with E-state index in [1.165, 1.54) is 19.3 Å². The monoisotopic (exact) mass is 326 g/mol. The molecule has 3 aromatic rings. The molecule has 0 unspecified atom stereocenters. The third kappa shape index (κ3) is 3.23. The highest BCUT2D eigenvalue weighted by Gasteiger charge is 2.14. The van der Waals surface area contributed by atoms with E-state index in [4.69, 9.17) is 5.73 Å². The zero-order valence-corrected chi connectivity index (χ0v) is 13.6. The van der Waals surface area contributed by atoms with Gasteiger partial charge in [0, 0.05) is 19.2 Å². The van der Waals surface area contributed by atoms with Gasteiger partial charge in [-0.3, -0.25) is 4.68 Å². The minimum Gasteiger partial charge on any atom is -0.384 e. The number of nitrogen functional groups attached to an aromatic ring is 1. The SMILES string of the molecule is Nc1cc(Cc2cnn(CCC3CCNCC3)c2)c2n[nH]nc2n1. The highest BCUT2D eigenvalue weighted by molar-refractivity contribution is 5.76. The van der Waals surface area contributed by atoms with Gasteiger partial charge in [0.1, 0.15) is 11.3 Å². The summed E-state index contributed by atoms with van der Waals surface area (Å²) < 4.78 is 2.04. The fourth-order valence-electron chi connectivity index (χ4n) is 3.38. The molecule has 8 heteroatoms. The normalized spacial score (nSPS) is 16.0. The minimum atomic E-state index is 0.463. The van der Waals surface area contributed by atoms with Crippen LogP contribution in [0.15, 0.2) is 18.5 Å². The lowest BCUT2D eigenvalue weighted by Crippen LogP contribution is -2.28. The molecule has 8 nitrogen and oxygen atoms in total. The molecule has 1 saturated heterocycles. The average molecular weight is 326 g/mol. The Morgan fingerprint density at radius 2 is 2.12 bits per heavy atom. The average Bonchev–Trinajstić information content (AvgIpc) is 3.23. The molecule has 0 atom stereocenters. The fraction of sp³-hybridized carbons (Fsp3) is 0.500. The van der Waals surface area contributed by atoms with Crippen LogP contribution < -0.4 is 11.1 Å². The number of aromatic nitrogens is 6. The summed E-state index contributed by atoms with van der Waals surface area (Å²) in [4.78, 5) is 4.17. The standard InChI is InChI=1S/C16H22N8/c17-14-8-13(15-16(20-14)22-23-21-15)7-12-9-19-24(10-12)6-3-11-1-4-18-5-2-11/h8-11,18H,1-7H2,(H3,17,20,21,22,23). The Balaban J connectivity index is 1.43. The minimum absolute atomic E-state index is 0.463. The Labute approximate surface area is 139 Å². The summed E-state index contributed by atoms with van der Waals surface area (Å²) in [6.45, 7) is 3.26. The summed E-state index contributed by atoms with van der Waals surface area (Å²) in [5.41, 5.74) is 9.35. The number of hydrogen-bond acceptors (Lipinski definition) is 6. The number of nitrogens with two attached hydrogens (primary N) is 1. The Kier molecular flexibility index (Phi) is 4.12. The van der Waals surface area contributed by atoms with Crippen molar-refractivity contribution in [2.24, 2.45) is 5.92 Å². The topological polar surface area (TPSA) is 110 Å². The second-order valence-electron chi connectivity index (χ2n) is 6.47. The van der Waals surface area contributed by atoms with Gasteiger partial charge >= 0.3 is 0 Å². The molecule has 0 radical (unpaired) electrons. The number of anilines is 1. The van der Waals surface area contributed by atoms with Crippen LogP contribution in [0.2, 0.25) is 0 Å². The van der Waals surface area contributed by atoms with Gasteiger partial charge in [-0.2, -0.15) is 15.4 Å². The maximum atomic E-state index is 5.85. The Bertz CT molecular complexity index is 814. The van der Waals surface area contributed by atoms with Gasteiger partial charge in [0.2, 0.25) is 5.65 Å². The van der Waals surface area contributed by atoms with Crippen LogP contribution in [0.1, 0.15) is 30.4 Å². The number of rotatable bonds is 5. The first kappa shape index (κ1) is 15.1. The molecule has 0 aliphatic carbocycles. The molecular formula is C16H22N8. The number of piperidine rings is 1. The third-order valence-electron chi connectivity index (χ3n) is 4.70. The quantitative estimate of drug-likeness (QED) is 0.648. The molecule has 24 heavy (non-hydrogen) atoms. The predicted octanol–water partition coefficient (Wildman–Crippen LogP) is 1.11. The van der Waals surface area contributed by atoms with Crippen molar-refractivity contribution >= 4 is 17.0 Å². The van der Waals surface area contributed by atoms with Crippen molar-refractivity contribution < 1.29 is 0 Å². The van der Waals surface area contributed by atoms with Crippen LogP contribution >= 0.6 is 0 Å². The van der Waals surface area contributed by atoms with Gasteiger partial charge in [0.05, 0.1) is 6.20 Å². The van der Waals surface area contributed by atoms with E-state index in [9.17, 15) is 0 Å². The van der Waals surface area contributed by atoms with Crippen molar-refractivity contribution in [2.75, 3.05) is 18.8 Å². The number of aryl methyl sites for hydroxylation is 1. The lowest BCUT2D eigenvalue weighted by atomic mass is 9.95. The zero-order chi connectivity index (χ0) is 16.4. The lowest BCUT2D eigenvalue weighted by Gasteiger charge is -2.22. The molecule has 0 spiro atoms. The van der Waals surface area contributed by atoms with E-state index in [0.717, 1.165) is 48.6 Å². The van der Waals surface area contributed by atoms with Crippen molar-refractivity contribution in [3.8, 4) is 0 Å². The second kappa shape index (κ2) is 6.56. The van der Waals surface area contributed by atoms with Gasteiger partial charge < -0.3 is 11.1 Å². The number of hydrogen-bond donors (Lipinski definition) is 3. The van der Waals surface area contributed by atoms with Gasteiger partial charge in [-0.1, -0.05) is 0 Å². The van der Waals surface area contributed by atoms with E-state index in [0.29, 0.717) is 11.5 Å². The smallest absolute Gasteiger partial charge is 0.203 e. The number of nitrogens with zero attached hydrogens (tertiary/aromatic N) is 5. The molecule has 0 aromatic carbocycles. The Hall–Kier alpha value is -2.48. The molecule has 3 aromatic heterocycles. The van der Waals surface area contributed by atoms with E-state index >= 15 is 0 Å². The first-order valence-corrected chi connectivity index (χ1v) is 8.46. The summed E-state index contributed by atoms with van der Waals surface area (Å²) in [6, 6.07) is 1.86. The highest BCUT2D eigenvalue weighted by Crippen LogP contribution is 2.20. The fourth-order valence-corrected chi connectivity index (χ4v) is 3.38. The summed E-state index contributed by atoms with van der Waals surface area (Å²) in [7, 11) is 0. The van der Waals surface area contributed by atoms with Crippen LogP contribution in [0.25, 0.3) is 11.2 Å². The number of H-pyrrole nitrogens is 1. The number of fused-ring (bicyclic) bond motifs is 1. The van der Waals surface area contributed by atoms with Gasteiger partial charge in [0.25, 0.3) is 0 Å². The van der Waals surface area contributed by atoms with Crippen LogP contribution in [-0.2, 0) is 13.0 Å². The first-order valence-electron chi connectivity index (χ1n) is 8.46. The summed E-state index contributed by atoms with van der Waals surface area (Å²) in [6.07, 6.45) is 8.50. The number of nitrogens with one attached hydrogen (secondary N) is 2. The summed E-state index contributed by atoms with van der Waals surface area (Å²) >= 11 is 0. The van der Waals surface area contributed by atoms with Crippen molar-refractivity contribution in [1.82, 2.24) is 35.5 Å². The third-order valence-corrected chi connectivity index (χ3v) is 4.70. The van der Waals surface area contributed by atoms with E-state index in [1.807, 2.05) is 16.9 Å². The van der Waals surface area contributed by atoms with Crippen molar-refractivity contribution in [2.45, 2.75) is 32.2 Å².